The fourth-order valence-electron chi connectivity index (χ4n) is 1.11. The number of ether oxygens (including phenoxy) is 1. The molecule has 0 fully saturated rings. The number of likely N-dealkylation sites (N-methyl/N-ethyl adjacent to an activating group) is 1. The summed E-state index contributed by atoms with van der Waals surface area (Å²) in [5.41, 5.74) is 0.0873. The molecule has 1 heterocycles. The molecule has 17 heavy (non-hydrogen) atoms. The van der Waals surface area contributed by atoms with E-state index in [9.17, 15) is 9.59 Å². The summed E-state index contributed by atoms with van der Waals surface area (Å²) in [7, 11) is 1.47. The van der Waals surface area contributed by atoms with Gasteiger partial charge in [0.05, 0.1) is 19.0 Å². The zero-order chi connectivity index (χ0) is 12.8. The molecule has 0 aliphatic carbocycles. The monoisotopic (exact) mass is 257 g/mol. The third-order valence-corrected chi connectivity index (χ3v) is 2.02. The van der Waals surface area contributed by atoms with E-state index in [1.54, 1.807) is 6.92 Å². The Morgan fingerprint density at radius 2 is 2.18 bits per heavy atom. The minimum absolute atomic E-state index is 0.0873. The molecule has 0 saturated heterocycles. The number of nitrogens with zero attached hydrogens (tertiary/aromatic N) is 3. The zero-order valence-corrected chi connectivity index (χ0v) is 10.3. The molecule has 7 heteroatoms. The lowest BCUT2D eigenvalue weighted by molar-refractivity contribution is -0.143. The van der Waals surface area contributed by atoms with E-state index in [0.717, 1.165) is 0 Å². The Labute approximate surface area is 104 Å². The molecule has 1 rings (SSSR count). The van der Waals surface area contributed by atoms with E-state index in [-0.39, 0.29) is 24.0 Å². The number of aromatic nitrogens is 2. The predicted molar refractivity (Wildman–Crippen MR) is 60.6 cm³/mol. The molecule has 0 aliphatic heterocycles. The largest absolute Gasteiger partial charge is 0.465 e. The van der Waals surface area contributed by atoms with E-state index < -0.39 is 11.9 Å². The van der Waals surface area contributed by atoms with E-state index >= 15 is 0 Å². The molecule has 0 saturated carbocycles. The van der Waals surface area contributed by atoms with Gasteiger partial charge in [0.25, 0.3) is 5.91 Å². The van der Waals surface area contributed by atoms with Crippen molar-refractivity contribution in [2.75, 3.05) is 20.2 Å². The highest BCUT2D eigenvalue weighted by Crippen LogP contribution is 2.04. The van der Waals surface area contributed by atoms with E-state index in [2.05, 4.69) is 9.97 Å². The third kappa shape index (κ3) is 3.99. The van der Waals surface area contributed by atoms with Crippen LogP contribution in [0.25, 0.3) is 0 Å². The first-order valence-electron chi connectivity index (χ1n) is 4.93. The Kier molecular flexibility index (Phi) is 4.84. The van der Waals surface area contributed by atoms with Crippen LogP contribution in [0.2, 0.25) is 5.15 Å². The van der Waals surface area contributed by atoms with E-state index in [0.29, 0.717) is 0 Å². The lowest BCUT2D eigenvalue weighted by Crippen LogP contribution is -2.33. The topological polar surface area (TPSA) is 72.4 Å². The number of carbonyl (C=O) groups excluding carboxylic acids is 2. The maximum absolute atomic E-state index is 11.8. The summed E-state index contributed by atoms with van der Waals surface area (Å²) < 4.78 is 4.73. The molecule has 0 spiro atoms. The van der Waals surface area contributed by atoms with Crippen LogP contribution < -0.4 is 0 Å². The third-order valence-electron chi connectivity index (χ3n) is 1.84. The van der Waals surface area contributed by atoms with Gasteiger partial charge in [0.15, 0.2) is 0 Å². The second-order valence-electron chi connectivity index (χ2n) is 3.19. The quantitative estimate of drug-likeness (QED) is 0.745. The summed E-state index contributed by atoms with van der Waals surface area (Å²) in [5, 5.41) is 0.125. The van der Waals surface area contributed by atoms with Crippen molar-refractivity contribution in [3.8, 4) is 0 Å². The van der Waals surface area contributed by atoms with Gasteiger partial charge in [-0.25, -0.2) is 4.98 Å². The van der Waals surface area contributed by atoms with Crippen molar-refractivity contribution in [2.24, 2.45) is 0 Å². The lowest BCUT2D eigenvalue weighted by Gasteiger charge is -2.15. The second kappa shape index (κ2) is 6.15. The normalized spacial score (nSPS) is 9.82. The van der Waals surface area contributed by atoms with Crippen LogP contribution in [0.15, 0.2) is 12.4 Å². The molecule has 1 aromatic heterocycles. The number of halogens is 1. The Balaban J connectivity index is 2.67. The van der Waals surface area contributed by atoms with Gasteiger partial charge >= 0.3 is 5.97 Å². The Hall–Kier alpha value is -1.69. The van der Waals surface area contributed by atoms with Crippen LogP contribution in [-0.4, -0.2) is 46.9 Å². The van der Waals surface area contributed by atoms with Gasteiger partial charge in [-0.15, -0.1) is 0 Å². The van der Waals surface area contributed by atoms with Crippen LogP contribution in [0.4, 0.5) is 0 Å². The van der Waals surface area contributed by atoms with Crippen molar-refractivity contribution in [3.05, 3.63) is 23.2 Å². The summed E-state index contributed by atoms with van der Waals surface area (Å²) in [4.78, 5) is 31.7. The van der Waals surface area contributed by atoms with Gasteiger partial charge in [-0.1, -0.05) is 11.6 Å². The average Bonchev–Trinajstić information content (AvgIpc) is 2.28. The minimum atomic E-state index is -0.474. The fourth-order valence-corrected chi connectivity index (χ4v) is 1.26. The van der Waals surface area contributed by atoms with Crippen LogP contribution >= 0.6 is 11.6 Å². The number of rotatable bonds is 4. The van der Waals surface area contributed by atoms with Crippen LogP contribution in [0.1, 0.15) is 17.4 Å². The molecule has 0 N–H and O–H groups in total. The smallest absolute Gasteiger partial charge is 0.325 e. The van der Waals surface area contributed by atoms with Crippen LogP contribution in [-0.2, 0) is 9.53 Å². The van der Waals surface area contributed by atoms with Crippen molar-refractivity contribution in [1.82, 2.24) is 14.9 Å². The maximum atomic E-state index is 11.8. The van der Waals surface area contributed by atoms with Crippen LogP contribution in [0.3, 0.4) is 0 Å². The molecular weight excluding hydrogens is 246 g/mol. The zero-order valence-electron chi connectivity index (χ0n) is 9.51. The highest BCUT2D eigenvalue weighted by molar-refractivity contribution is 6.29. The van der Waals surface area contributed by atoms with Gasteiger partial charge < -0.3 is 9.64 Å². The molecule has 0 unspecified atom stereocenters. The lowest BCUT2D eigenvalue weighted by atomic mass is 10.4. The fraction of sp³-hybridized carbons (Fsp3) is 0.400. The SMILES string of the molecule is CCOC(=O)CN(C)C(=O)c1cncc(Cl)n1. The first-order valence-corrected chi connectivity index (χ1v) is 5.31. The number of esters is 1. The van der Waals surface area contributed by atoms with E-state index in [1.807, 2.05) is 0 Å². The first-order chi connectivity index (χ1) is 8.04. The Bertz CT molecular complexity index is 425. The molecule has 0 aromatic carbocycles. The van der Waals surface area contributed by atoms with Gasteiger partial charge in [-0.2, -0.15) is 0 Å². The predicted octanol–water partition coefficient (Wildman–Crippen LogP) is 0.765. The average molecular weight is 258 g/mol. The van der Waals surface area contributed by atoms with Crippen molar-refractivity contribution >= 4 is 23.5 Å². The summed E-state index contributed by atoms with van der Waals surface area (Å²) >= 11 is 5.61. The van der Waals surface area contributed by atoms with Gasteiger partial charge in [-0.05, 0) is 6.92 Å². The molecule has 1 amide bonds. The van der Waals surface area contributed by atoms with Gasteiger partial charge in [-0.3, -0.25) is 14.6 Å². The Morgan fingerprint density at radius 1 is 1.47 bits per heavy atom. The van der Waals surface area contributed by atoms with Crippen molar-refractivity contribution in [2.45, 2.75) is 6.92 Å². The summed E-state index contributed by atoms with van der Waals surface area (Å²) in [6.45, 7) is 1.83. The van der Waals surface area contributed by atoms with Crippen LogP contribution in [0, 0.1) is 0 Å². The first kappa shape index (κ1) is 13.4. The molecule has 6 nitrogen and oxygen atoms in total. The number of hydrogen-bond donors (Lipinski definition) is 0. The highest BCUT2D eigenvalue weighted by atomic mass is 35.5. The molecule has 0 radical (unpaired) electrons. The molecule has 92 valence electrons. The second-order valence-corrected chi connectivity index (χ2v) is 3.58. The standard InChI is InChI=1S/C10H12ClN3O3/c1-3-17-9(15)6-14(2)10(16)7-4-12-5-8(11)13-7/h4-5H,3,6H2,1-2H3. The summed E-state index contributed by atoms with van der Waals surface area (Å²) in [6.07, 6.45) is 2.61. The number of hydrogen-bond acceptors (Lipinski definition) is 5. The maximum Gasteiger partial charge on any atom is 0.325 e. The molecule has 0 atom stereocenters. The van der Waals surface area contributed by atoms with Crippen molar-refractivity contribution in [1.29, 1.82) is 0 Å². The van der Waals surface area contributed by atoms with Crippen LogP contribution in [0.5, 0.6) is 0 Å². The van der Waals surface area contributed by atoms with E-state index in [4.69, 9.17) is 16.3 Å². The molecule has 0 bridgehead atoms. The molecule has 1 aromatic rings. The molecular formula is C10H12ClN3O3. The summed E-state index contributed by atoms with van der Waals surface area (Å²) in [6, 6.07) is 0. The van der Waals surface area contributed by atoms with Gasteiger partial charge in [0.2, 0.25) is 0 Å². The van der Waals surface area contributed by atoms with Crippen molar-refractivity contribution in [3.63, 3.8) is 0 Å². The van der Waals surface area contributed by atoms with E-state index in [1.165, 1.54) is 24.3 Å². The Morgan fingerprint density at radius 3 is 2.76 bits per heavy atom. The van der Waals surface area contributed by atoms with Crippen molar-refractivity contribution < 1.29 is 14.3 Å². The number of carbonyl (C=O) groups is 2. The number of amides is 1. The van der Waals surface area contributed by atoms with Gasteiger partial charge in [0, 0.05) is 7.05 Å². The minimum Gasteiger partial charge on any atom is -0.465 e. The summed E-state index contributed by atoms with van der Waals surface area (Å²) in [5.74, 6) is -0.911. The van der Waals surface area contributed by atoms with Gasteiger partial charge in [0.1, 0.15) is 17.4 Å². The molecule has 0 aliphatic rings. The highest BCUT2D eigenvalue weighted by Gasteiger charge is 2.17.